The predicted molar refractivity (Wildman–Crippen MR) is 56.3 cm³/mol. The number of hydrogen-bond donors (Lipinski definition) is 1. The van der Waals surface area contributed by atoms with Crippen molar-refractivity contribution in [2.75, 3.05) is 26.3 Å². The van der Waals surface area contributed by atoms with E-state index in [0.29, 0.717) is 5.38 Å². The molecule has 0 radical (unpaired) electrons. The van der Waals surface area contributed by atoms with E-state index in [1.807, 2.05) is 0 Å². The lowest BCUT2D eigenvalue weighted by atomic mass is 10.0. The SMILES string of the molecule is CCC(Cl)CNCC1CCOCC1. The van der Waals surface area contributed by atoms with Gasteiger partial charge in [-0.3, -0.25) is 0 Å². The molecule has 0 aliphatic carbocycles. The summed E-state index contributed by atoms with van der Waals surface area (Å²) in [6.45, 7) is 6.03. The van der Waals surface area contributed by atoms with E-state index in [1.54, 1.807) is 0 Å². The van der Waals surface area contributed by atoms with Gasteiger partial charge in [0, 0.05) is 25.1 Å². The molecule has 1 fully saturated rings. The van der Waals surface area contributed by atoms with Gasteiger partial charge in [0.05, 0.1) is 0 Å². The van der Waals surface area contributed by atoms with Crippen LogP contribution in [0.2, 0.25) is 0 Å². The van der Waals surface area contributed by atoms with Crippen LogP contribution in [0.1, 0.15) is 26.2 Å². The van der Waals surface area contributed by atoms with Gasteiger partial charge in [-0.15, -0.1) is 11.6 Å². The molecule has 1 unspecified atom stereocenters. The molecule has 2 nitrogen and oxygen atoms in total. The van der Waals surface area contributed by atoms with E-state index in [9.17, 15) is 0 Å². The number of halogens is 1. The van der Waals surface area contributed by atoms with Gasteiger partial charge in [-0.05, 0) is 31.7 Å². The van der Waals surface area contributed by atoms with Crippen molar-refractivity contribution in [1.82, 2.24) is 5.32 Å². The van der Waals surface area contributed by atoms with Crippen LogP contribution in [0.3, 0.4) is 0 Å². The fraction of sp³-hybridized carbons (Fsp3) is 1.00. The molecular formula is C10H20ClNO. The van der Waals surface area contributed by atoms with E-state index < -0.39 is 0 Å². The largest absolute Gasteiger partial charge is 0.381 e. The van der Waals surface area contributed by atoms with Crippen molar-refractivity contribution in [3.8, 4) is 0 Å². The fourth-order valence-corrected chi connectivity index (χ4v) is 1.65. The molecule has 1 N–H and O–H groups in total. The predicted octanol–water partition coefficient (Wildman–Crippen LogP) is 2.02. The van der Waals surface area contributed by atoms with Crippen molar-refractivity contribution in [1.29, 1.82) is 0 Å². The molecule has 0 amide bonds. The lowest BCUT2D eigenvalue weighted by Gasteiger charge is -2.22. The quantitative estimate of drug-likeness (QED) is 0.694. The zero-order valence-corrected chi connectivity index (χ0v) is 9.15. The Balaban J connectivity index is 1.98. The molecule has 0 aromatic rings. The number of nitrogens with one attached hydrogen (secondary N) is 1. The molecule has 1 aliphatic rings. The van der Waals surface area contributed by atoms with E-state index in [-0.39, 0.29) is 0 Å². The Morgan fingerprint density at radius 2 is 2.15 bits per heavy atom. The van der Waals surface area contributed by atoms with Gasteiger partial charge in [-0.1, -0.05) is 6.92 Å². The minimum absolute atomic E-state index is 0.292. The third kappa shape index (κ3) is 4.84. The molecule has 1 rings (SSSR count). The minimum Gasteiger partial charge on any atom is -0.381 e. The maximum Gasteiger partial charge on any atom is 0.0469 e. The summed E-state index contributed by atoms with van der Waals surface area (Å²) >= 11 is 6.00. The zero-order valence-electron chi connectivity index (χ0n) is 8.39. The van der Waals surface area contributed by atoms with Crippen molar-refractivity contribution in [3.05, 3.63) is 0 Å². The van der Waals surface area contributed by atoms with E-state index >= 15 is 0 Å². The van der Waals surface area contributed by atoms with Gasteiger partial charge in [0.25, 0.3) is 0 Å². The van der Waals surface area contributed by atoms with Gasteiger partial charge in [0.2, 0.25) is 0 Å². The summed E-state index contributed by atoms with van der Waals surface area (Å²) in [5, 5.41) is 3.71. The van der Waals surface area contributed by atoms with E-state index in [4.69, 9.17) is 16.3 Å². The van der Waals surface area contributed by atoms with E-state index in [2.05, 4.69) is 12.2 Å². The van der Waals surface area contributed by atoms with Crippen molar-refractivity contribution in [2.24, 2.45) is 5.92 Å². The molecule has 0 bridgehead atoms. The first kappa shape index (κ1) is 11.3. The van der Waals surface area contributed by atoms with Crippen LogP contribution in [0.5, 0.6) is 0 Å². The first-order valence-electron chi connectivity index (χ1n) is 5.25. The molecular weight excluding hydrogens is 186 g/mol. The van der Waals surface area contributed by atoms with Crippen LogP contribution in [0.4, 0.5) is 0 Å². The lowest BCUT2D eigenvalue weighted by molar-refractivity contribution is 0.0664. The topological polar surface area (TPSA) is 21.3 Å². The summed E-state index contributed by atoms with van der Waals surface area (Å²) in [7, 11) is 0. The van der Waals surface area contributed by atoms with Crippen molar-refractivity contribution in [2.45, 2.75) is 31.6 Å². The van der Waals surface area contributed by atoms with E-state index in [0.717, 1.165) is 38.6 Å². The molecule has 1 saturated heterocycles. The Morgan fingerprint density at radius 1 is 1.46 bits per heavy atom. The second kappa shape index (κ2) is 6.63. The summed E-state index contributed by atoms with van der Waals surface area (Å²) in [5.41, 5.74) is 0. The molecule has 0 spiro atoms. The molecule has 1 atom stereocenters. The summed E-state index contributed by atoms with van der Waals surface area (Å²) < 4.78 is 5.29. The normalized spacial score (nSPS) is 21.7. The molecule has 0 aromatic carbocycles. The highest BCUT2D eigenvalue weighted by Gasteiger charge is 2.13. The van der Waals surface area contributed by atoms with Crippen LogP contribution in [-0.4, -0.2) is 31.7 Å². The molecule has 0 saturated carbocycles. The molecule has 13 heavy (non-hydrogen) atoms. The summed E-state index contributed by atoms with van der Waals surface area (Å²) in [4.78, 5) is 0. The van der Waals surface area contributed by atoms with Gasteiger partial charge in [-0.25, -0.2) is 0 Å². The number of rotatable bonds is 5. The van der Waals surface area contributed by atoms with Crippen LogP contribution in [-0.2, 0) is 4.74 Å². The van der Waals surface area contributed by atoms with Gasteiger partial charge >= 0.3 is 0 Å². The maximum atomic E-state index is 6.00. The molecule has 3 heteroatoms. The van der Waals surface area contributed by atoms with Gasteiger partial charge < -0.3 is 10.1 Å². The zero-order chi connectivity index (χ0) is 9.52. The molecule has 1 heterocycles. The van der Waals surface area contributed by atoms with Crippen LogP contribution in [0.25, 0.3) is 0 Å². The maximum absolute atomic E-state index is 6.00. The second-order valence-electron chi connectivity index (χ2n) is 3.72. The first-order chi connectivity index (χ1) is 6.33. The van der Waals surface area contributed by atoms with E-state index in [1.165, 1.54) is 12.8 Å². The van der Waals surface area contributed by atoms with Gasteiger partial charge in [-0.2, -0.15) is 0 Å². The number of hydrogen-bond acceptors (Lipinski definition) is 2. The summed E-state index contributed by atoms with van der Waals surface area (Å²) in [6, 6.07) is 0. The highest BCUT2D eigenvalue weighted by molar-refractivity contribution is 6.20. The highest BCUT2D eigenvalue weighted by atomic mass is 35.5. The van der Waals surface area contributed by atoms with Crippen LogP contribution < -0.4 is 5.32 Å². The van der Waals surface area contributed by atoms with Crippen molar-refractivity contribution >= 4 is 11.6 Å². The Kier molecular flexibility index (Phi) is 5.76. The Hall–Kier alpha value is 0.210. The van der Waals surface area contributed by atoms with Gasteiger partial charge in [0.1, 0.15) is 0 Å². The summed E-state index contributed by atoms with van der Waals surface area (Å²) in [5.74, 6) is 0.800. The lowest BCUT2D eigenvalue weighted by Crippen LogP contribution is -2.31. The smallest absolute Gasteiger partial charge is 0.0469 e. The fourth-order valence-electron chi connectivity index (χ4n) is 1.54. The third-order valence-electron chi connectivity index (χ3n) is 2.58. The first-order valence-corrected chi connectivity index (χ1v) is 5.69. The monoisotopic (exact) mass is 205 g/mol. The van der Waals surface area contributed by atoms with Crippen molar-refractivity contribution in [3.63, 3.8) is 0 Å². The Labute approximate surface area is 86.0 Å². The minimum atomic E-state index is 0.292. The van der Waals surface area contributed by atoms with Crippen LogP contribution >= 0.6 is 11.6 Å². The third-order valence-corrected chi connectivity index (χ3v) is 3.05. The standard InChI is InChI=1S/C10H20ClNO/c1-2-10(11)8-12-7-9-3-5-13-6-4-9/h9-10,12H,2-8H2,1H3. The molecule has 78 valence electrons. The summed E-state index contributed by atoms with van der Waals surface area (Å²) in [6.07, 6.45) is 3.44. The highest BCUT2D eigenvalue weighted by Crippen LogP contribution is 2.13. The second-order valence-corrected chi connectivity index (χ2v) is 4.34. The Bertz CT molecular complexity index is 126. The van der Waals surface area contributed by atoms with Crippen molar-refractivity contribution < 1.29 is 4.74 Å². The van der Waals surface area contributed by atoms with Crippen LogP contribution in [0.15, 0.2) is 0 Å². The van der Waals surface area contributed by atoms with Crippen LogP contribution in [0, 0.1) is 5.92 Å². The average molecular weight is 206 g/mol. The average Bonchev–Trinajstić information content (AvgIpc) is 2.19. The number of alkyl halides is 1. The van der Waals surface area contributed by atoms with Gasteiger partial charge in [0.15, 0.2) is 0 Å². The molecule has 1 aliphatic heterocycles. The molecule has 0 aromatic heterocycles. The Morgan fingerprint density at radius 3 is 2.77 bits per heavy atom. The number of ether oxygens (including phenoxy) is 1.